The van der Waals surface area contributed by atoms with Gasteiger partial charge in [0.25, 0.3) is 0 Å². The summed E-state index contributed by atoms with van der Waals surface area (Å²) < 4.78 is 9.80. The van der Waals surface area contributed by atoms with Crippen molar-refractivity contribution >= 4 is 24.6 Å². The van der Waals surface area contributed by atoms with Crippen molar-refractivity contribution in [3.63, 3.8) is 0 Å². The first-order valence-electron chi connectivity index (χ1n) is 5.67. The number of hydrogen-bond donors (Lipinski definition) is 1. The summed E-state index contributed by atoms with van der Waals surface area (Å²) in [6.07, 6.45) is 2.64. The smallest absolute Gasteiger partial charge is 0.333 e. The van der Waals surface area contributed by atoms with Crippen molar-refractivity contribution in [3.05, 3.63) is 12.2 Å². The molecule has 0 aromatic heterocycles. The molecule has 0 saturated heterocycles. The molecule has 0 radical (unpaired) electrons. The number of unbranched alkanes of at least 4 members (excludes halogenated alkanes) is 1. The Bertz CT molecular complexity index is 263. The summed E-state index contributed by atoms with van der Waals surface area (Å²) in [6.45, 7) is 5.57. The third kappa shape index (κ3) is 9.93. The Labute approximate surface area is 108 Å². The molecule has 0 rings (SSSR count). The zero-order valence-corrected chi connectivity index (χ0v) is 11.1. The average Bonchev–Trinajstić information content (AvgIpc) is 2.28. The van der Waals surface area contributed by atoms with Gasteiger partial charge >= 0.3 is 11.9 Å². The minimum Gasteiger partial charge on any atom is -0.466 e. The zero-order valence-electron chi connectivity index (χ0n) is 10.2. The first-order valence-corrected chi connectivity index (χ1v) is 6.30. The molecule has 0 atom stereocenters. The SMILES string of the molecule is C=C(C)C(=O)OCCCOC(=O)CCCCS. The molecular weight excluding hydrogens is 240 g/mol. The van der Waals surface area contributed by atoms with E-state index in [4.69, 9.17) is 9.47 Å². The van der Waals surface area contributed by atoms with E-state index < -0.39 is 5.97 Å². The highest BCUT2D eigenvalue weighted by atomic mass is 32.1. The predicted molar refractivity (Wildman–Crippen MR) is 69.1 cm³/mol. The van der Waals surface area contributed by atoms with E-state index in [1.54, 1.807) is 6.92 Å². The van der Waals surface area contributed by atoms with Gasteiger partial charge in [-0.25, -0.2) is 4.79 Å². The van der Waals surface area contributed by atoms with Crippen molar-refractivity contribution < 1.29 is 19.1 Å². The van der Waals surface area contributed by atoms with Crippen LogP contribution in [0.2, 0.25) is 0 Å². The molecule has 98 valence electrons. The van der Waals surface area contributed by atoms with Crippen LogP contribution in [-0.2, 0) is 19.1 Å². The van der Waals surface area contributed by atoms with E-state index in [-0.39, 0.29) is 19.2 Å². The highest BCUT2D eigenvalue weighted by Gasteiger charge is 2.04. The Balaban J connectivity index is 3.36. The predicted octanol–water partition coefficient (Wildman–Crippen LogP) is 2.14. The van der Waals surface area contributed by atoms with E-state index in [9.17, 15) is 9.59 Å². The standard InChI is InChI=1S/C12H20O4S/c1-10(2)12(14)16-8-5-7-15-11(13)6-3-4-9-17/h17H,1,3-9H2,2H3. The normalized spacial score (nSPS) is 9.76. The number of ether oxygens (including phenoxy) is 2. The fraction of sp³-hybridized carbons (Fsp3) is 0.667. The second-order valence-electron chi connectivity index (χ2n) is 3.67. The highest BCUT2D eigenvalue weighted by Crippen LogP contribution is 2.00. The van der Waals surface area contributed by atoms with Gasteiger partial charge in [0, 0.05) is 18.4 Å². The molecule has 0 aliphatic rings. The summed E-state index contributed by atoms with van der Waals surface area (Å²) in [4.78, 5) is 22.1. The van der Waals surface area contributed by atoms with Crippen molar-refractivity contribution in [2.24, 2.45) is 0 Å². The van der Waals surface area contributed by atoms with Gasteiger partial charge in [-0.05, 0) is 25.5 Å². The largest absolute Gasteiger partial charge is 0.466 e. The highest BCUT2D eigenvalue weighted by molar-refractivity contribution is 7.80. The van der Waals surface area contributed by atoms with E-state index in [1.807, 2.05) is 0 Å². The lowest BCUT2D eigenvalue weighted by molar-refractivity contribution is -0.144. The van der Waals surface area contributed by atoms with Gasteiger partial charge in [-0.2, -0.15) is 12.6 Å². The summed E-state index contributed by atoms with van der Waals surface area (Å²) in [5.74, 6) is 0.160. The molecular formula is C12H20O4S. The van der Waals surface area contributed by atoms with Crippen molar-refractivity contribution in [2.45, 2.75) is 32.6 Å². The van der Waals surface area contributed by atoms with Crippen LogP contribution in [0.25, 0.3) is 0 Å². The first kappa shape index (κ1) is 16.0. The Morgan fingerprint density at radius 3 is 2.35 bits per heavy atom. The number of hydrogen-bond acceptors (Lipinski definition) is 5. The van der Waals surface area contributed by atoms with E-state index in [2.05, 4.69) is 19.2 Å². The molecule has 0 amide bonds. The summed E-state index contributed by atoms with van der Waals surface area (Å²) in [7, 11) is 0. The first-order chi connectivity index (χ1) is 8.07. The van der Waals surface area contributed by atoms with Crippen molar-refractivity contribution in [1.29, 1.82) is 0 Å². The molecule has 0 N–H and O–H groups in total. The van der Waals surface area contributed by atoms with Gasteiger partial charge in [-0.3, -0.25) is 4.79 Å². The molecule has 0 bridgehead atoms. The lowest BCUT2D eigenvalue weighted by Gasteiger charge is -2.05. The van der Waals surface area contributed by atoms with Gasteiger partial charge in [-0.15, -0.1) is 0 Å². The molecule has 17 heavy (non-hydrogen) atoms. The van der Waals surface area contributed by atoms with E-state index in [0.717, 1.165) is 18.6 Å². The molecule has 0 unspecified atom stereocenters. The number of esters is 2. The quantitative estimate of drug-likeness (QED) is 0.299. The van der Waals surface area contributed by atoms with E-state index in [0.29, 0.717) is 18.4 Å². The van der Waals surface area contributed by atoms with Crippen LogP contribution < -0.4 is 0 Å². The minimum atomic E-state index is -0.412. The molecule has 0 aliphatic heterocycles. The number of rotatable bonds is 9. The summed E-state index contributed by atoms with van der Waals surface area (Å²) >= 11 is 4.05. The second-order valence-corrected chi connectivity index (χ2v) is 4.12. The number of carbonyl (C=O) groups is 2. The monoisotopic (exact) mass is 260 g/mol. The molecule has 5 heteroatoms. The third-order valence-electron chi connectivity index (χ3n) is 1.92. The minimum absolute atomic E-state index is 0.210. The van der Waals surface area contributed by atoms with Gasteiger partial charge in [0.2, 0.25) is 0 Å². The van der Waals surface area contributed by atoms with Crippen LogP contribution >= 0.6 is 12.6 Å². The van der Waals surface area contributed by atoms with Crippen molar-refractivity contribution in [3.8, 4) is 0 Å². The van der Waals surface area contributed by atoms with Crippen LogP contribution in [0.4, 0.5) is 0 Å². The fourth-order valence-electron chi connectivity index (χ4n) is 0.986. The van der Waals surface area contributed by atoms with Gasteiger partial charge in [0.05, 0.1) is 13.2 Å². The van der Waals surface area contributed by atoms with Crippen LogP contribution in [-0.4, -0.2) is 30.9 Å². The Hall–Kier alpha value is -0.970. The van der Waals surface area contributed by atoms with E-state index >= 15 is 0 Å². The summed E-state index contributed by atoms with van der Waals surface area (Å²) in [5.41, 5.74) is 0.369. The Morgan fingerprint density at radius 1 is 1.12 bits per heavy atom. The Morgan fingerprint density at radius 2 is 1.76 bits per heavy atom. The van der Waals surface area contributed by atoms with Crippen LogP contribution in [0.3, 0.4) is 0 Å². The number of thiol groups is 1. The third-order valence-corrected chi connectivity index (χ3v) is 2.24. The molecule has 0 saturated carbocycles. The molecule has 0 aromatic rings. The van der Waals surface area contributed by atoms with Crippen molar-refractivity contribution in [1.82, 2.24) is 0 Å². The van der Waals surface area contributed by atoms with Crippen LogP contribution in [0.1, 0.15) is 32.6 Å². The van der Waals surface area contributed by atoms with Gasteiger partial charge < -0.3 is 9.47 Å². The average molecular weight is 260 g/mol. The van der Waals surface area contributed by atoms with Gasteiger partial charge in [0.1, 0.15) is 0 Å². The van der Waals surface area contributed by atoms with Crippen molar-refractivity contribution in [2.75, 3.05) is 19.0 Å². The molecule has 0 heterocycles. The summed E-state index contributed by atoms with van der Waals surface area (Å²) in [5, 5.41) is 0. The number of carbonyl (C=O) groups excluding carboxylic acids is 2. The van der Waals surface area contributed by atoms with Crippen LogP contribution in [0.15, 0.2) is 12.2 Å². The zero-order chi connectivity index (χ0) is 13.1. The lowest BCUT2D eigenvalue weighted by Crippen LogP contribution is -2.10. The van der Waals surface area contributed by atoms with Crippen LogP contribution in [0.5, 0.6) is 0 Å². The topological polar surface area (TPSA) is 52.6 Å². The maximum Gasteiger partial charge on any atom is 0.333 e. The second kappa shape index (κ2) is 10.2. The molecule has 0 fully saturated rings. The van der Waals surface area contributed by atoms with Crippen LogP contribution in [0, 0.1) is 0 Å². The maximum atomic E-state index is 11.2. The molecule has 4 nitrogen and oxygen atoms in total. The summed E-state index contributed by atoms with van der Waals surface area (Å²) in [6, 6.07) is 0. The fourth-order valence-corrected chi connectivity index (χ4v) is 1.21. The lowest BCUT2D eigenvalue weighted by atomic mass is 10.2. The van der Waals surface area contributed by atoms with E-state index in [1.165, 1.54) is 0 Å². The Kier molecular flexibility index (Phi) is 9.62. The van der Waals surface area contributed by atoms with Gasteiger partial charge in [-0.1, -0.05) is 6.58 Å². The molecule has 0 spiro atoms. The maximum absolute atomic E-state index is 11.2. The molecule has 0 aromatic carbocycles. The van der Waals surface area contributed by atoms with Gasteiger partial charge in [0.15, 0.2) is 0 Å². The molecule has 0 aliphatic carbocycles.